The van der Waals surface area contributed by atoms with Crippen LogP contribution in [0.5, 0.6) is 0 Å². The van der Waals surface area contributed by atoms with Crippen molar-refractivity contribution in [3.05, 3.63) is 35.4 Å². The molecule has 0 spiro atoms. The van der Waals surface area contributed by atoms with Crippen molar-refractivity contribution in [1.29, 1.82) is 0 Å². The van der Waals surface area contributed by atoms with E-state index in [-0.39, 0.29) is 17.5 Å². The number of nitrogens with two attached hydrogens (primary N) is 1. The van der Waals surface area contributed by atoms with E-state index in [1.165, 1.54) is 6.07 Å². The Morgan fingerprint density at radius 1 is 1.29 bits per heavy atom. The Kier molecular flexibility index (Phi) is 3.55. The number of hydrogen-bond acceptors (Lipinski definition) is 2. The summed E-state index contributed by atoms with van der Waals surface area (Å²) in [5.74, 6) is 4.48. The van der Waals surface area contributed by atoms with Crippen LogP contribution < -0.4 is 11.3 Å². The van der Waals surface area contributed by atoms with Crippen LogP contribution in [-0.2, 0) is 0 Å². The Morgan fingerprint density at radius 3 is 2.43 bits per heavy atom. The van der Waals surface area contributed by atoms with E-state index in [0.717, 1.165) is 12.1 Å². The van der Waals surface area contributed by atoms with Crippen LogP contribution in [0, 0.1) is 17.6 Å². The lowest BCUT2D eigenvalue weighted by Crippen LogP contribution is -2.32. The molecule has 0 aliphatic heterocycles. The summed E-state index contributed by atoms with van der Waals surface area (Å²) in [5.41, 5.74) is 2.75. The summed E-state index contributed by atoms with van der Waals surface area (Å²) in [6.07, 6.45) is 0. The fraction of sp³-hybridized carbons (Fsp3) is 0.400. The van der Waals surface area contributed by atoms with Gasteiger partial charge in [0.05, 0.1) is 6.04 Å². The van der Waals surface area contributed by atoms with Crippen LogP contribution in [0.15, 0.2) is 18.2 Å². The van der Waals surface area contributed by atoms with Gasteiger partial charge < -0.3 is 0 Å². The second-order valence-electron chi connectivity index (χ2n) is 3.55. The van der Waals surface area contributed by atoms with Crippen molar-refractivity contribution in [1.82, 2.24) is 5.43 Å². The van der Waals surface area contributed by atoms with Crippen LogP contribution >= 0.6 is 0 Å². The minimum absolute atomic E-state index is 0.0938. The SMILES string of the molecule is CC(C)C(NN)c1cc(F)ccc1F. The van der Waals surface area contributed by atoms with Crippen molar-refractivity contribution in [2.24, 2.45) is 11.8 Å². The molecule has 78 valence electrons. The highest BCUT2D eigenvalue weighted by Gasteiger charge is 2.18. The van der Waals surface area contributed by atoms with E-state index in [1.54, 1.807) is 0 Å². The molecule has 1 rings (SSSR count). The second-order valence-corrected chi connectivity index (χ2v) is 3.55. The molecule has 0 radical (unpaired) electrons. The summed E-state index contributed by atoms with van der Waals surface area (Å²) in [7, 11) is 0. The molecule has 0 heterocycles. The lowest BCUT2D eigenvalue weighted by Gasteiger charge is -2.20. The first kappa shape index (κ1) is 11.1. The van der Waals surface area contributed by atoms with Crippen LogP contribution in [-0.4, -0.2) is 0 Å². The van der Waals surface area contributed by atoms with E-state index in [2.05, 4.69) is 5.43 Å². The monoisotopic (exact) mass is 200 g/mol. The maximum absolute atomic E-state index is 13.3. The van der Waals surface area contributed by atoms with Gasteiger partial charge in [-0.1, -0.05) is 13.8 Å². The molecule has 1 aromatic rings. The summed E-state index contributed by atoms with van der Waals surface area (Å²) in [6, 6.07) is 3.00. The molecule has 4 heteroatoms. The Hall–Kier alpha value is -1.00. The maximum atomic E-state index is 13.3. The Morgan fingerprint density at radius 2 is 1.93 bits per heavy atom. The van der Waals surface area contributed by atoms with Gasteiger partial charge in [-0.25, -0.2) is 8.78 Å². The first-order valence-electron chi connectivity index (χ1n) is 4.47. The highest BCUT2D eigenvalue weighted by atomic mass is 19.1. The Bertz CT molecular complexity index is 313. The normalized spacial score (nSPS) is 13.3. The molecule has 0 saturated carbocycles. The number of halogens is 2. The van der Waals surface area contributed by atoms with Gasteiger partial charge in [-0.2, -0.15) is 0 Å². The van der Waals surface area contributed by atoms with Crippen molar-refractivity contribution in [2.45, 2.75) is 19.9 Å². The van der Waals surface area contributed by atoms with E-state index in [9.17, 15) is 8.78 Å². The number of rotatable bonds is 3. The average molecular weight is 200 g/mol. The zero-order chi connectivity index (χ0) is 10.7. The van der Waals surface area contributed by atoms with Gasteiger partial charge >= 0.3 is 0 Å². The quantitative estimate of drug-likeness (QED) is 0.579. The van der Waals surface area contributed by atoms with Gasteiger partial charge in [0, 0.05) is 5.56 Å². The van der Waals surface area contributed by atoms with Gasteiger partial charge in [0.1, 0.15) is 11.6 Å². The molecule has 0 saturated heterocycles. The fourth-order valence-electron chi connectivity index (χ4n) is 1.39. The third-order valence-electron chi connectivity index (χ3n) is 2.14. The molecule has 0 bridgehead atoms. The van der Waals surface area contributed by atoms with E-state index < -0.39 is 11.6 Å². The molecule has 0 aliphatic rings. The van der Waals surface area contributed by atoms with Crippen molar-refractivity contribution in [3.63, 3.8) is 0 Å². The highest BCUT2D eigenvalue weighted by molar-refractivity contribution is 5.22. The van der Waals surface area contributed by atoms with Gasteiger partial charge in [0.15, 0.2) is 0 Å². The lowest BCUT2D eigenvalue weighted by atomic mass is 9.96. The van der Waals surface area contributed by atoms with Crippen LogP contribution in [0.4, 0.5) is 8.78 Å². The molecule has 3 N–H and O–H groups in total. The molecule has 0 fully saturated rings. The first-order chi connectivity index (χ1) is 6.56. The molecule has 0 aliphatic carbocycles. The predicted molar refractivity (Wildman–Crippen MR) is 51.3 cm³/mol. The van der Waals surface area contributed by atoms with Crippen LogP contribution in [0.3, 0.4) is 0 Å². The van der Waals surface area contributed by atoms with E-state index in [4.69, 9.17) is 5.84 Å². The zero-order valence-corrected chi connectivity index (χ0v) is 8.22. The minimum atomic E-state index is -0.456. The third kappa shape index (κ3) is 2.27. The standard InChI is InChI=1S/C10H14F2N2/c1-6(2)10(14-13)8-5-7(11)3-4-9(8)12/h3-6,10,14H,13H2,1-2H3. The van der Waals surface area contributed by atoms with E-state index >= 15 is 0 Å². The van der Waals surface area contributed by atoms with Crippen LogP contribution in [0.1, 0.15) is 25.5 Å². The smallest absolute Gasteiger partial charge is 0.128 e. The zero-order valence-electron chi connectivity index (χ0n) is 8.22. The number of nitrogens with one attached hydrogen (secondary N) is 1. The molecule has 0 amide bonds. The summed E-state index contributed by atoms with van der Waals surface area (Å²) >= 11 is 0. The van der Waals surface area contributed by atoms with Gasteiger partial charge in [-0.15, -0.1) is 0 Å². The summed E-state index contributed by atoms with van der Waals surface area (Å²) in [4.78, 5) is 0. The van der Waals surface area contributed by atoms with Gasteiger partial charge in [0.2, 0.25) is 0 Å². The predicted octanol–water partition coefficient (Wildman–Crippen LogP) is 2.13. The fourth-order valence-corrected chi connectivity index (χ4v) is 1.39. The van der Waals surface area contributed by atoms with Gasteiger partial charge in [-0.05, 0) is 24.1 Å². The van der Waals surface area contributed by atoms with E-state index in [0.29, 0.717) is 0 Å². The summed E-state index contributed by atoms with van der Waals surface area (Å²) in [6.45, 7) is 3.77. The highest BCUT2D eigenvalue weighted by Crippen LogP contribution is 2.23. The summed E-state index contributed by atoms with van der Waals surface area (Å²) in [5, 5.41) is 0. The molecule has 1 unspecified atom stereocenters. The number of benzene rings is 1. The van der Waals surface area contributed by atoms with Crippen molar-refractivity contribution < 1.29 is 8.78 Å². The molecule has 0 aromatic heterocycles. The molecular weight excluding hydrogens is 186 g/mol. The first-order valence-corrected chi connectivity index (χ1v) is 4.47. The van der Waals surface area contributed by atoms with Gasteiger partial charge in [-0.3, -0.25) is 11.3 Å². The Balaban J connectivity index is 3.08. The molecule has 2 nitrogen and oxygen atoms in total. The molecule has 1 aromatic carbocycles. The molecular formula is C10H14F2N2. The maximum Gasteiger partial charge on any atom is 0.128 e. The third-order valence-corrected chi connectivity index (χ3v) is 2.14. The minimum Gasteiger partial charge on any atom is -0.271 e. The van der Waals surface area contributed by atoms with Crippen molar-refractivity contribution >= 4 is 0 Å². The largest absolute Gasteiger partial charge is 0.271 e. The summed E-state index contributed by atoms with van der Waals surface area (Å²) < 4.78 is 26.2. The second kappa shape index (κ2) is 4.48. The van der Waals surface area contributed by atoms with Crippen molar-refractivity contribution in [3.8, 4) is 0 Å². The van der Waals surface area contributed by atoms with Crippen molar-refractivity contribution in [2.75, 3.05) is 0 Å². The van der Waals surface area contributed by atoms with E-state index in [1.807, 2.05) is 13.8 Å². The topological polar surface area (TPSA) is 38.0 Å². The molecule has 14 heavy (non-hydrogen) atoms. The van der Waals surface area contributed by atoms with Crippen LogP contribution in [0.2, 0.25) is 0 Å². The number of hydrogen-bond donors (Lipinski definition) is 2. The molecule has 1 atom stereocenters. The lowest BCUT2D eigenvalue weighted by molar-refractivity contribution is 0.402. The number of hydrazine groups is 1. The van der Waals surface area contributed by atoms with Gasteiger partial charge in [0.25, 0.3) is 0 Å². The van der Waals surface area contributed by atoms with Crippen LogP contribution in [0.25, 0.3) is 0 Å². The Labute approximate surface area is 82.1 Å². The average Bonchev–Trinajstić information content (AvgIpc) is 2.11.